The summed E-state index contributed by atoms with van der Waals surface area (Å²) < 4.78 is 5.22. The fraction of sp³-hybridized carbons (Fsp3) is 0.417. The van der Waals surface area contributed by atoms with Gasteiger partial charge in [-0.3, -0.25) is 14.9 Å². The molecule has 0 saturated carbocycles. The van der Waals surface area contributed by atoms with Crippen molar-refractivity contribution in [1.29, 1.82) is 0 Å². The van der Waals surface area contributed by atoms with Crippen LogP contribution in [0.15, 0.2) is 48.7 Å². The molecule has 2 saturated heterocycles. The third kappa shape index (κ3) is 4.30. The summed E-state index contributed by atoms with van der Waals surface area (Å²) in [6.07, 6.45) is 5.03. The van der Waals surface area contributed by atoms with Gasteiger partial charge >= 0.3 is 6.03 Å². The van der Waals surface area contributed by atoms with Gasteiger partial charge in [0.1, 0.15) is 11.1 Å². The van der Waals surface area contributed by atoms with Gasteiger partial charge in [0, 0.05) is 19.3 Å². The maximum Gasteiger partial charge on any atom is 0.322 e. The zero-order valence-electron chi connectivity index (χ0n) is 18.2. The molecule has 8 heteroatoms. The average molecular weight is 437 g/mol. The van der Waals surface area contributed by atoms with E-state index in [1.54, 1.807) is 23.2 Å². The van der Waals surface area contributed by atoms with E-state index >= 15 is 0 Å². The molecule has 0 bridgehead atoms. The molecule has 1 aromatic heterocycles. The number of carbonyl (C=O) groups excluding carboxylic acids is 3. The van der Waals surface area contributed by atoms with Crippen LogP contribution in [-0.4, -0.2) is 53.5 Å². The highest BCUT2D eigenvalue weighted by Crippen LogP contribution is 2.35. The zero-order chi connectivity index (χ0) is 22.6. The highest BCUT2D eigenvalue weighted by atomic mass is 16.5. The van der Waals surface area contributed by atoms with E-state index in [1.165, 1.54) is 12.7 Å². The molecular formula is C24H28N4O4. The number of aryl methyl sites for hydroxylation is 1. The van der Waals surface area contributed by atoms with Gasteiger partial charge in [0.05, 0.1) is 7.11 Å². The van der Waals surface area contributed by atoms with Crippen LogP contribution in [0.3, 0.4) is 0 Å². The SMILES string of the molecule is COc1ncccc1C(=O)N1CCC([C@]2(CCCc3ccccc3)NC(=O)NC2=O)CC1. The number of ether oxygens (including phenoxy) is 1. The molecule has 4 rings (SSSR count). The molecule has 168 valence electrons. The Balaban J connectivity index is 1.43. The van der Waals surface area contributed by atoms with Crippen LogP contribution in [0.5, 0.6) is 5.88 Å². The molecule has 32 heavy (non-hydrogen) atoms. The molecule has 4 amide bonds. The minimum atomic E-state index is -0.924. The van der Waals surface area contributed by atoms with Crippen molar-refractivity contribution in [3.05, 3.63) is 59.8 Å². The summed E-state index contributed by atoms with van der Waals surface area (Å²) in [5, 5.41) is 5.37. The minimum Gasteiger partial charge on any atom is -0.480 e. The van der Waals surface area contributed by atoms with E-state index in [-0.39, 0.29) is 17.7 Å². The van der Waals surface area contributed by atoms with Crippen LogP contribution in [0, 0.1) is 5.92 Å². The molecule has 1 atom stereocenters. The first kappa shape index (κ1) is 21.8. The van der Waals surface area contributed by atoms with Crippen molar-refractivity contribution in [2.75, 3.05) is 20.2 Å². The third-order valence-electron chi connectivity index (χ3n) is 6.52. The number of piperidine rings is 1. The molecule has 2 aliphatic heterocycles. The lowest BCUT2D eigenvalue weighted by molar-refractivity contribution is -0.127. The largest absolute Gasteiger partial charge is 0.480 e. The van der Waals surface area contributed by atoms with Crippen molar-refractivity contribution in [3.8, 4) is 5.88 Å². The molecule has 2 aromatic rings. The maximum absolute atomic E-state index is 13.0. The third-order valence-corrected chi connectivity index (χ3v) is 6.52. The number of hydrogen-bond donors (Lipinski definition) is 2. The van der Waals surface area contributed by atoms with E-state index in [1.807, 2.05) is 18.2 Å². The topological polar surface area (TPSA) is 101 Å². The monoisotopic (exact) mass is 436 g/mol. The van der Waals surface area contributed by atoms with Crippen LogP contribution in [0.25, 0.3) is 0 Å². The molecule has 2 fully saturated rings. The number of amides is 4. The number of benzene rings is 1. The van der Waals surface area contributed by atoms with Gasteiger partial charge in [-0.2, -0.15) is 0 Å². The summed E-state index contributed by atoms with van der Waals surface area (Å²) >= 11 is 0. The summed E-state index contributed by atoms with van der Waals surface area (Å²) in [5.74, 6) is -0.121. The number of nitrogens with zero attached hydrogens (tertiary/aromatic N) is 2. The van der Waals surface area contributed by atoms with Crippen molar-refractivity contribution < 1.29 is 19.1 Å². The van der Waals surface area contributed by atoms with E-state index in [0.717, 1.165) is 12.8 Å². The smallest absolute Gasteiger partial charge is 0.322 e. The molecule has 0 aliphatic carbocycles. The van der Waals surface area contributed by atoms with Gasteiger partial charge in [-0.15, -0.1) is 0 Å². The Labute approximate surface area is 187 Å². The number of rotatable bonds is 7. The first-order chi connectivity index (χ1) is 15.5. The summed E-state index contributed by atoms with van der Waals surface area (Å²) in [5.41, 5.74) is 0.712. The second-order valence-corrected chi connectivity index (χ2v) is 8.35. The first-order valence-corrected chi connectivity index (χ1v) is 11.0. The van der Waals surface area contributed by atoms with Crippen molar-refractivity contribution in [2.24, 2.45) is 5.92 Å². The molecule has 2 N–H and O–H groups in total. The highest BCUT2D eigenvalue weighted by Gasteiger charge is 2.51. The second-order valence-electron chi connectivity index (χ2n) is 8.35. The Bertz CT molecular complexity index is 989. The standard InChI is InChI=1S/C24H28N4O4/c1-32-20-19(10-6-14-25-20)21(29)28-15-11-18(12-16-28)24(22(30)26-23(31)27-24)13-5-9-17-7-3-2-4-8-17/h2-4,6-8,10,14,18H,5,9,11-13,15-16H2,1H3,(H2,26,27,30,31)/t24-/m0/s1. The van der Waals surface area contributed by atoms with Crippen LogP contribution in [0.4, 0.5) is 4.79 Å². The lowest BCUT2D eigenvalue weighted by atomic mass is 9.74. The van der Waals surface area contributed by atoms with Gasteiger partial charge in [0.25, 0.3) is 11.8 Å². The van der Waals surface area contributed by atoms with Crippen molar-refractivity contribution in [2.45, 2.75) is 37.6 Å². The van der Waals surface area contributed by atoms with Crippen LogP contribution < -0.4 is 15.4 Å². The van der Waals surface area contributed by atoms with Gasteiger partial charge < -0.3 is 15.0 Å². The predicted octanol–water partition coefficient (Wildman–Crippen LogP) is 2.54. The molecule has 0 unspecified atom stereocenters. The van der Waals surface area contributed by atoms with Crippen LogP contribution in [0.2, 0.25) is 0 Å². The average Bonchev–Trinajstić information content (AvgIpc) is 3.13. The summed E-state index contributed by atoms with van der Waals surface area (Å²) in [7, 11) is 1.49. The number of aromatic nitrogens is 1. The number of likely N-dealkylation sites (tertiary alicyclic amines) is 1. The van der Waals surface area contributed by atoms with Gasteiger partial charge in [0.15, 0.2) is 0 Å². The highest BCUT2D eigenvalue weighted by molar-refractivity contribution is 6.07. The molecule has 0 spiro atoms. The summed E-state index contributed by atoms with van der Waals surface area (Å²) in [6.45, 7) is 1.01. The lowest BCUT2D eigenvalue weighted by Crippen LogP contribution is -2.56. The van der Waals surface area contributed by atoms with Crippen molar-refractivity contribution >= 4 is 17.8 Å². The number of carbonyl (C=O) groups is 3. The number of pyridine rings is 1. The zero-order valence-corrected chi connectivity index (χ0v) is 18.2. The quantitative estimate of drug-likeness (QED) is 0.650. The number of methoxy groups -OCH3 is 1. The van der Waals surface area contributed by atoms with Crippen molar-refractivity contribution in [3.63, 3.8) is 0 Å². The Morgan fingerprint density at radius 1 is 1.16 bits per heavy atom. The van der Waals surface area contributed by atoms with E-state index < -0.39 is 11.6 Å². The summed E-state index contributed by atoms with van der Waals surface area (Å²) in [4.78, 5) is 43.8. The van der Waals surface area contributed by atoms with Gasteiger partial charge in [-0.1, -0.05) is 30.3 Å². The Hall–Kier alpha value is -3.42. The van der Waals surface area contributed by atoms with E-state index in [2.05, 4.69) is 27.8 Å². The summed E-state index contributed by atoms with van der Waals surface area (Å²) in [6, 6.07) is 13.1. The molecule has 1 aromatic carbocycles. The molecule has 3 heterocycles. The van der Waals surface area contributed by atoms with Gasteiger partial charge in [-0.25, -0.2) is 9.78 Å². The number of urea groups is 1. The van der Waals surface area contributed by atoms with Crippen LogP contribution in [-0.2, 0) is 11.2 Å². The lowest BCUT2D eigenvalue weighted by Gasteiger charge is -2.40. The number of hydrogen-bond acceptors (Lipinski definition) is 5. The van der Waals surface area contributed by atoms with Crippen LogP contribution in [0.1, 0.15) is 41.6 Å². The Kier molecular flexibility index (Phi) is 6.39. The molecule has 8 nitrogen and oxygen atoms in total. The molecule has 0 radical (unpaired) electrons. The fourth-order valence-electron chi connectivity index (χ4n) is 4.85. The number of imide groups is 1. The Morgan fingerprint density at radius 2 is 1.91 bits per heavy atom. The first-order valence-electron chi connectivity index (χ1n) is 11.0. The van der Waals surface area contributed by atoms with E-state index in [4.69, 9.17) is 4.74 Å². The Morgan fingerprint density at radius 3 is 2.56 bits per heavy atom. The molecule has 2 aliphatic rings. The maximum atomic E-state index is 13.0. The van der Waals surface area contributed by atoms with Gasteiger partial charge in [-0.05, 0) is 55.7 Å². The molecular weight excluding hydrogens is 408 g/mol. The number of nitrogens with one attached hydrogen (secondary N) is 2. The van der Waals surface area contributed by atoms with Gasteiger partial charge in [0.2, 0.25) is 5.88 Å². The normalized spacial score (nSPS) is 21.2. The minimum absolute atomic E-state index is 0.0374. The van der Waals surface area contributed by atoms with Crippen molar-refractivity contribution in [1.82, 2.24) is 20.5 Å². The van der Waals surface area contributed by atoms with E-state index in [0.29, 0.717) is 43.8 Å². The second kappa shape index (κ2) is 9.38. The van der Waals surface area contributed by atoms with E-state index in [9.17, 15) is 14.4 Å². The predicted molar refractivity (Wildman–Crippen MR) is 118 cm³/mol. The van der Waals surface area contributed by atoms with Crippen LogP contribution >= 0.6 is 0 Å². The fourth-order valence-corrected chi connectivity index (χ4v) is 4.85.